The molecule has 1 aromatic heterocycles. The Hall–Kier alpha value is -2.46. The van der Waals surface area contributed by atoms with Crippen LogP contribution >= 0.6 is 0 Å². The van der Waals surface area contributed by atoms with Crippen LogP contribution in [0.1, 0.15) is 30.9 Å². The molecule has 2 saturated heterocycles. The minimum Gasteiger partial charge on any atom is -0.389 e. The molecular formula is C20H25FN4O4S. The van der Waals surface area contributed by atoms with Crippen molar-refractivity contribution in [3.63, 3.8) is 0 Å². The van der Waals surface area contributed by atoms with Gasteiger partial charge < -0.3 is 10.0 Å². The molecule has 2 fully saturated rings. The number of hydrogen-bond donors (Lipinski definition) is 2. The summed E-state index contributed by atoms with van der Waals surface area (Å²) in [6.07, 6.45) is 2.89. The van der Waals surface area contributed by atoms with E-state index in [9.17, 15) is 22.7 Å². The number of amides is 2. The van der Waals surface area contributed by atoms with Crippen molar-refractivity contribution in [2.45, 2.75) is 37.3 Å². The van der Waals surface area contributed by atoms with Crippen LogP contribution in [-0.2, 0) is 16.3 Å². The molecule has 3 heterocycles. The summed E-state index contributed by atoms with van der Waals surface area (Å²) in [5.41, 5.74) is -0.591. The van der Waals surface area contributed by atoms with Crippen LogP contribution in [0, 0.1) is 5.82 Å². The molecule has 2 N–H and O–H groups in total. The molecular weight excluding hydrogens is 411 g/mol. The topological polar surface area (TPSA) is 105 Å². The quantitative estimate of drug-likeness (QED) is 0.763. The number of anilines is 1. The highest BCUT2D eigenvalue weighted by Gasteiger charge is 2.35. The van der Waals surface area contributed by atoms with E-state index in [1.54, 1.807) is 33.8 Å². The van der Waals surface area contributed by atoms with E-state index < -0.39 is 15.4 Å². The van der Waals surface area contributed by atoms with Crippen LogP contribution in [0.3, 0.4) is 0 Å². The fraction of sp³-hybridized carbons (Fsp3) is 0.500. The lowest BCUT2D eigenvalue weighted by Crippen LogP contribution is -2.49. The number of nitrogens with one attached hydrogen (secondary N) is 1. The minimum absolute atomic E-state index is 0.0182. The van der Waals surface area contributed by atoms with E-state index in [4.69, 9.17) is 0 Å². The Labute approximate surface area is 174 Å². The van der Waals surface area contributed by atoms with E-state index in [1.807, 2.05) is 0 Å². The van der Waals surface area contributed by atoms with Gasteiger partial charge in [-0.25, -0.2) is 22.3 Å². The molecule has 10 heteroatoms. The van der Waals surface area contributed by atoms with Crippen molar-refractivity contribution in [3.8, 4) is 0 Å². The number of rotatable bonds is 4. The highest BCUT2D eigenvalue weighted by atomic mass is 32.2. The summed E-state index contributed by atoms with van der Waals surface area (Å²) in [6, 6.07) is 7.42. The molecule has 2 aliphatic heterocycles. The number of likely N-dealkylation sites (tertiary alicyclic amines) is 1. The van der Waals surface area contributed by atoms with Crippen molar-refractivity contribution in [3.05, 3.63) is 47.9 Å². The van der Waals surface area contributed by atoms with Crippen molar-refractivity contribution in [1.29, 1.82) is 0 Å². The number of sulfone groups is 1. The molecule has 2 aliphatic rings. The van der Waals surface area contributed by atoms with Crippen molar-refractivity contribution < 1.29 is 22.7 Å². The van der Waals surface area contributed by atoms with Crippen LogP contribution < -0.4 is 5.32 Å². The Bertz CT molecular complexity index is 1030. The number of halogens is 1. The molecule has 30 heavy (non-hydrogen) atoms. The highest BCUT2D eigenvalue weighted by Crippen LogP contribution is 2.29. The van der Waals surface area contributed by atoms with E-state index in [1.165, 1.54) is 12.3 Å². The zero-order valence-electron chi connectivity index (χ0n) is 16.5. The SMILES string of the molecule is O=C(Nc1ccnn1C1CCS(=O)(=O)C1)N1CCC(O)(Cc2ccccc2F)CC1. The average molecular weight is 437 g/mol. The Kier molecular flexibility index (Phi) is 5.54. The lowest BCUT2D eigenvalue weighted by Gasteiger charge is -2.38. The summed E-state index contributed by atoms with van der Waals surface area (Å²) in [4.78, 5) is 14.3. The maximum Gasteiger partial charge on any atom is 0.323 e. The summed E-state index contributed by atoms with van der Waals surface area (Å²) in [5.74, 6) is 0.254. The van der Waals surface area contributed by atoms with Crippen LogP contribution in [0.4, 0.5) is 15.0 Å². The molecule has 2 aromatic rings. The third-order valence-electron chi connectivity index (χ3n) is 5.92. The van der Waals surface area contributed by atoms with Crippen LogP contribution in [0.25, 0.3) is 0 Å². The largest absolute Gasteiger partial charge is 0.389 e. The smallest absolute Gasteiger partial charge is 0.323 e. The van der Waals surface area contributed by atoms with Gasteiger partial charge >= 0.3 is 6.03 Å². The summed E-state index contributed by atoms with van der Waals surface area (Å²) < 4.78 is 39.0. The number of benzene rings is 1. The Morgan fingerprint density at radius 3 is 2.67 bits per heavy atom. The second-order valence-corrected chi connectivity index (χ2v) is 10.4. The van der Waals surface area contributed by atoms with Gasteiger partial charge in [0.2, 0.25) is 0 Å². The van der Waals surface area contributed by atoms with Crippen LogP contribution in [0.15, 0.2) is 36.5 Å². The molecule has 162 valence electrons. The third-order valence-corrected chi connectivity index (χ3v) is 7.67. The first-order chi connectivity index (χ1) is 14.2. The Balaban J connectivity index is 1.35. The van der Waals surface area contributed by atoms with Crippen molar-refractivity contribution in [2.75, 3.05) is 29.9 Å². The first-order valence-electron chi connectivity index (χ1n) is 10.0. The number of nitrogens with zero attached hydrogens (tertiary/aromatic N) is 3. The number of piperidine rings is 1. The number of aromatic nitrogens is 2. The molecule has 1 unspecified atom stereocenters. The molecule has 0 saturated carbocycles. The van der Waals surface area contributed by atoms with Gasteiger partial charge in [0.15, 0.2) is 9.84 Å². The van der Waals surface area contributed by atoms with Gasteiger partial charge in [0.05, 0.1) is 29.3 Å². The van der Waals surface area contributed by atoms with E-state index >= 15 is 0 Å². The van der Waals surface area contributed by atoms with E-state index in [0.717, 1.165) is 0 Å². The first-order valence-corrected chi connectivity index (χ1v) is 11.8. The van der Waals surface area contributed by atoms with E-state index in [2.05, 4.69) is 10.4 Å². The van der Waals surface area contributed by atoms with Gasteiger partial charge in [-0.3, -0.25) is 5.32 Å². The summed E-state index contributed by atoms with van der Waals surface area (Å²) in [5, 5.41) is 17.8. The second kappa shape index (κ2) is 7.99. The average Bonchev–Trinajstić information content (AvgIpc) is 3.29. The second-order valence-electron chi connectivity index (χ2n) is 8.13. The fourth-order valence-electron chi connectivity index (χ4n) is 4.16. The van der Waals surface area contributed by atoms with Gasteiger partial charge in [-0.15, -0.1) is 0 Å². The molecule has 0 aliphatic carbocycles. The number of urea groups is 1. The van der Waals surface area contributed by atoms with Crippen LogP contribution in [0.5, 0.6) is 0 Å². The van der Waals surface area contributed by atoms with Gasteiger partial charge in [0.1, 0.15) is 11.6 Å². The maximum atomic E-state index is 13.9. The molecule has 0 bridgehead atoms. The van der Waals surface area contributed by atoms with Crippen molar-refractivity contribution in [1.82, 2.24) is 14.7 Å². The molecule has 1 atom stereocenters. The van der Waals surface area contributed by atoms with E-state index in [-0.39, 0.29) is 35.8 Å². The monoisotopic (exact) mass is 436 g/mol. The number of hydrogen-bond acceptors (Lipinski definition) is 5. The summed E-state index contributed by atoms with van der Waals surface area (Å²) in [7, 11) is -3.07. The zero-order valence-corrected chi connectivity index (χ0v) is 17.3. The van der Waals surface area contributed by atoms with E-state index in [0.29, 0.717) is 43.7 Å². The highest BCUT2D eigenvalue weighted by molar-refractivity contribution is 7.91. The molecule has 2 amide bonds. The Morgan fingerprint density at radius 1 is 1.27 bits per heavy atom. The number of carbonyl (C=O) groups excluding carboxylic acids is 1. The molecule has 1 aromatic carbocycles. The van der Waals surface area contributed by atoms with Gasteiger partial charge in [0, 0.05) is 25.6 Å². The van der Waals surface area contributed by atoms with Crippen molar-refractivity contribution in [2.24, 2.45) is 0 Å². The molecule has 8 nitrogen and oxygen atoms in total. The van der Waals surface area contributed by atoms with Crippen LogP contribution in [-0.4, -0.2) is 64.4 Å². The normalized spacial score (nSPS) is 22.7. The maximum absolute atomic E-state index is 13.9. The predicted octanol–water partition coefficient (Wildman–Crippen LogP) is 1.98. The molecule has 0 radical (unpaired) electrons. The third kappa shape index (κ3) is 4.49. The summed E-state index contributed by atoms with van der Waals surface area (Å²) >= 11 is 0. The van der Waals surface area contributed by atoms with Gasteiger partial charge in [-0.2, -0.15) is 5.10 Å². The number of aliphatic hydroxyl groups is 1. The summed E-state index contributed by atoms with van der Waals surface area (Å²) in [6.45, 7) is 0.672. The molecule has 4 rings (SSSR count). The fourth-order valence-corrected chi connectivity index (χ4v) is 5.85. The predicted molar refractivity (Wildman–Crippen MR) is 109 cm³/mol. The van der Waals surface area contributed by atoms with Gasteiger partial charge in [-0.1, -0.05) is 18.2 Å². The standard InChI is InChI=1S/C20H25FN4O4S/c21-17-4-2-1-3-15(17)13-20(27)7-10-24(11-8-20)19(26)23-18-5-9-22-25(18)16-6-12-30(28,29)14-16/h1-5,9,16,27H,6-8,10-14H2,(H,23,26). The lowest BCUT2D eigenvalue weighted by atomic mass is 9.85. The number of carbonyl (C=O) groups is 1. The first kappa shape index (κ1) is 20.8. The Morgan fingerprint density at radius 2 is 2.00 bits per heavy atom. The zero-order chi connectivity index (χ0) is 21.4. The molecule has 0 spiro atoms. The van der Waals surface area contributed by atoms with Crippen LogP contribution in [0.2, 0.25) is 0 Å². The minimum atomic E-state index is -3.07. The van der Waals surface area contributed by atoms with Gasteiger partial charge in [0.25, 0.3) is 0 Å². The lowest BCUT2D eigenvalue weighted by molar-refractivity contribution is -0.0111. The van der Waals surface area contributed by atoms with Gasteiger partial charge in [-0.05, 0) is 30.9 Å². The van der Waals surface area contributed by atoms with Crippen molar-refractivity contribution >= 4 is 21.7 Å².